The quantitative estimate of drug-likeness (QED) is 0.517. The first-order chi connectivity index (χ1) is 13.5. The average Bonchev–Trinajstić information content (AvgIpc) is 3.27. The van der Waals surface area contributed by atoms with E-state index in [1.54, 1.807) is 6.07 Å². The van der Waals surface area contributed by atoms with Crippen molar-refractivity contribution in [2.75, 3.05) is 0 Å². The molecule has 1 aromatic carbocycles. The first-order valence-corrected chi connectivity index (χ1v) is 10.6. The van der Waals surface area contributed by atoms with Crippen LogP contribution in [0.3, 0.4) is 0 Å². The van der Waals surface area contributed by atoms with Crippen LogP contribution in [-0.2, 0) is 6.61 Å². The second-order valence-electron chi connectivity index (χ2n) is 6.58. The van der Waals surface area contributed by atoms with Gasteiger partial charge in [-0.3, -0.25) is 4.79 Å². The van der Waals surface area contributed by atoms with E-state index in [1.165, 1.54) is 11.3 Å². The summed E-state index contributed by atoms with van der Waals surface area (Å²) in [6.45, 7) is 6.56. The van der Waals surface area contributed by atoms with Gasteiger partial charge in [-0.2, -0.15) is 0 Å². The normalized spacial score (nSPS) is 11.2. The van der Waals surface area contributed by atoms with E-state index in [1.807, 2.05) is 36.6 Å². The monoisotopic (exact) mass is 417 g/mol. The summed E-state index contributed by atoms with van der Waals surface area (Å²) < 4.78 is 7.98. The van der Waals surface area contributed by atoms with E-state index >= 15 is 0 Å². The molecule has 2 heterocycles. The first kappa shape index (κ1) is 20.4. The molecule has 2 aromatic heterocycles. The van der Waals surface area contributed by atoms with E-state index in [9.17, 15) is 4.79 Å². The van der Waals surface area contributed by atoms with Crippen molar-refractivity contribution in [3.63, 3.8) is 0 Å². The zero-order valence-corrected chi connectivity index (χ0v) is 17.8. The van der Waals surface area contributed by atoms with E-state index in [-0.39, 0.29) is 6.04 Å². The molecule has 5 nitrogen and oxygen atoms in total. The van der Waals surface area contributed by atoms with Crippen LogP contribution in [0.1, 0.15) is 53.8 Å². The van der Waals surface area contributed by atoms with Gasteiger partial charge in [0.2, 0.25) is 0 Å². The van der Waals surface area contributed by atoms with Crippen LogP contribution in [0.4, 0.5) is 0 Å². The molecule has 0 aliphatic rings. The summed E-state index contributed by atoms with van der Waals surface area (Å²) in [6.07, 6.45) is 1.92. The van der Waals surface area contributed by atoms with Crippen LogP contribution in [0.25, 0.3) is 11.4 Å². The van der Waals surface area contributed by atoms with Crippen molar-refractivity contribution < 1.29 is 9.53 Å². The molecule has 148 valence electrons. The number of halogens is 1. The van der Waals surface area contributed by atoms with E-state index < -0.39 is 5.91 Å². The highest BCUT2D eigenvalue weighted by atomic mass is 35.5. The van der Waals surface area contributed by atoms with Crippen LogP contribution >= 0.6 is 22.9 Å². The maximum Gasteiger partial charge on any atom is 0.250 e. The Hall–Kier alpha value is -2.31. The topological polar surface area (TPSA) is 70.1 Å². The number of aromatic nitrogens is 2. The third-order valence-electron chi connectivity index (χ3n) is 4.87. The number of ether oxygens (including phenoxy) is 1. The SMILES string of the molecule is CCC(CC)n1c(-c2csc(COc3ccccc3Cl)n2)cc(C(N)=O)c1C. The van der Waals surface area contributed by atoms with Gasteiger partial charge < -0.3 is 15.0 Å². The van der Waals surface area contributed by atoms with Crippen molar-refractivity contribution >= 4 is 28.8 Å². The molecule has 0 atom stereocenters. The Morgan fingerprint density at radius 2 is 2.04 bits per heavy atom. The summed E-state index contributed by atoms with van der Waals surface area (Å²) in [6, 6.07) is 9.50. The third-order valence-corrected chi connectivity index (χ3v) is 6.00. The first-order valence-electron chi connectivity index (χ1n) is 9.29. The minimum Gasteiger partial charge on any atom is -0.485 e. The number of primary amides is 1. The number of nitrogens with zero attached hydrogens (tertiary/aromatic N) is 2. The van der Waals surface area contributed by atoms with Crippen molar-refractivity contribution in [2.45, 2.75) is 46.3 Å². The van der Waals surface area contributed by atoms with Crippen LogP contribution < -0.4 is 10.5 Å². The Kier molecular flexibility index (Phi) is 6.42. The molecule has 1 amide bonds. The molecule has 0 bridgehead atoms. The lowest BCUT2D eigenvalue weighted by atomic mass is 10.1. The summed E-state index contributed by atoms with van der Waals surface area (Å²) in [5.41, 5.74) is 8.76. The molecular weight excluding hydrogens is 394 g/mol. The zero-order valence-electron chi connectivity index (χ0n) is 16.2. The lowest BCUT2D eigenvalue weighted by molar-refractivity contribution is 0.0999. The van der Waals surface area contributed by atoms with Gasteiger partial charge in [0.25, 0.3) is 5.91 Å². The highest BCUT2D eigenvalue weighted by Crippen LogP contribution is 2.33. The number of hydrogen-bond acceptors (Lipinski definition) is 4. The molecule has 3 rings (SSSR count). The van der Waals surface area contributed by atoms with Crippen molar-refractivity contribution in [2.24, 2.45) is 5.73 Å². The molecule has 7 heteroatoms. The summed E-state index contributed by atoms with van der Waals surface area (Å²) in [7, 11) is 0. The van der Waals surface area contributed by atoms with Crippen LogP contribution in [0.15, 0.2) is 35.7 Å². The number of thiazole rings is 1. The van der Waals surface area contributed by atoms with Gasteiger partial charge in [0.1, 0.15) is 17.4 Å². The van der Waals surface area contributed by atoms with Gasteiger partial charge >= 0.3 is 0 Å². The van der Waals surface area contributed by atoms with Crippen LogP contribution in [0, 0.1) is 6.92 Å². The number of carbonyl (C=O) groups excluding carboxylic acids is 1. The molecule has 0 spiro atoms. The lowest BCUT2D eigenvalue weighted by Crippen LogP contribution is -2.14. The van der Waals surface area contributed by atoms with E-state index in [0.717, 1.165) is 34.9 Å². The lowest BCUT2D eigenvalue weighted by Gasteiger charge is -2.20. The van der Waals surface area contributed by atoms with Crippen molar-refractivity contribution in [1.29, 1.82) is 0 Å². The average molecular weight is 418 g/mol. The number of rotatable bonds is 8. The molecule has 3 aromatic rings. The van der Waals surface area contributed by atoms with E-state index in [2.05, 4.69) is 18.4 Å². The van der Waals surface area contributed by atoms with Gasteiger partial charge in [0, 0.05) is 17.1 Å². The van der Waals surface area contributed by atoms with Crippen LogP contribution in [0.5, 0.6) is 5.75 Å². The van der Waals surface area contributed by atoms with Gasteiger partial charge in [-0.1, -0.05) is 37.6 Å². The number of nitrogens with two attached hydrogens (primary N) is 1. The minimum absolute atomic E-state index is 0.285. The predicted octanol–water partition coefficient (Wildman–Crippen LogP) is 5.61. The van der Waals surface area contributed by atoms with Gasteiger partial charge in [0.05, 0.1) is 22.0 Å². The summed E-state index contributed by atoms with van der Waals surface area (Å²) in [5, 5.41) is 3.40. The summed E-state index contributed by atoms with van der Waals surface area (Å²) in [5.74, 6) is 0.217. The Morgan fingerprint density at radius 3 is 2.68 bits per heavy atom. The highest BCUT2D eigenvalue weighted by Gasteiger charge is 2.22. The molecule has 28 heavy (non-hydrogen) atoms. The molecule has 0 radical (unpaired) electrons. The van der Waals surface area contributed by atoms with Gasteiger partial charge in [-0.25, -0.2) is 4.98 Å². The summed E-state index contributed by atoms with van der Waals surface area (Å²) >= 11 is 7.66. The fourth-order valence-corrected chi connectivity index (χ4v) is 4.28. The van der Waals surface area contributed by atoms with E-state index in [0.29, 0.717) is 22.9 Å². The maximum absolute atomic E-state index is 11.9. The minimum atomic E-state index is -0.416. The number of amides is 1. The molecular formula is C21H24ClN3O2S. The van der Waals surface area contributed by atoms with Crippen molar-refractivity contribution in [1.82, 2.24) is 9.55 Å². The number of hydrogen-bond donors (Lipinski definition) is 1. The Balaban J connectivity index is 1.91. The van der Waals surface area contributed by atoms with Gasteiger partial charge in [-0.15, -0.1) is 11.3 Å². The number of benzene rings is 1. The highest BCUT2D eigenvalue weighted by molar-refractivity contribution is 7.09. The third kappa shape index (κ3) is 4.08. The standard InChI is InChI=1S/C21H24ClN3O2S/c1-4-14(5-2)25-13(3)15(21(23)26)10-18(25)17-12-28-20(24-17)11-27-19-9-7-6-8-16(19)22/h6-10,12,14H,4-5,11H2,1-3H3,(H2,23,26). The molecule has 0 saturated heterocycles. The molecule has 0 fully saturated rings. The second-order valence-corrected chi connectivity index (χ2v) is 7.93. The Morgan fingerprint density at radius 1 is 1.32 bits per heavy atom. The zero-order chi connectivity index (χ0) is 20.3. The fraction of sp³-hybridized carbons (Fsp3) is 0.333. The summed E-state index contributed by atoms with van der Waals surface area (Å²) in [4.78, 5) is 16.6. The van der Waals surface area contributed by atoms with Crippen LogP contribution in [0.2, 0.25) is 5.02 Å². The predicted molar refractivity (Wildman–Crippen MR) is 114 cm³/mol. The largest absolute Gasteiger partial charge is 0.485 e. The van der Waals surface area contributed by atoms with Crippen molar-refractivity contribution in [3.05, 3.63) is 57.0 Å². The van der Waals surface area contributed by atoms with Gasteiger partial charge in [0.15, 0.2) is 0 Å². The molecule has 0 unspecified atom stereocenters. The Labute approximate surface area is 174 Å². The van der Waals surface area contributed by atoms with E-state index in [4.69, 9.17) is 27.1 Å². The van der Waals surface area contributed by atoms with Crippen LogP contribution in [-0.4, -0.2) is 15.5 Å². The second kappa shape index (κ2) is 8.80. The maximum atomic E-state index is 11.9. The van der Waals surface area contributed by atoms with Crippen molar-refractivity contribution in [3.8, 4) is 17.1 Å². The number of para-hydroxylation sites is 1. The smallest absolute Gasteiger partial charge is 0.250 e. The Bertz CT molecular complexity index is 976. The molecule has 2 N–H and O–H groups in total. The number of carbonyl (C=O) groups is 1. The fourth-order valence-electron chi connectivity index (χ4n) is 3.39. The van der Waals surface area contributed by atoms with Gasteiger partial charge in [-0.05, 0) is 38.0 Å². The molecule has 0 aliphatic heterocycles. The molecule has 0 aliphatic carbocycles. The molecule has 0 saturated carbocycles.